The maximum atomic E-state index is 4.98. The van der Waals surface area contributed by atoms with Crippen LogP contribution in [0.25, 0.3) is 0 Å². The maximum Gasteiger partial charge on any atom is 0.0474 e. The van der Waals surface area contributed by atoms with Crippen LogP contribution < -0.4 is 10.6 Å². The predicted molar refractivity (Wildman–Crippen MR) is 50.4 cm³/mol. The van der Waals surface area contributed by atoms with E-state index < -0.39 is 0 Å². The SMILES string of the molecule is COCCCNC1(C)CCNC1. The van der Waals surface area contributed by atoms with Gasteiger partial charge in [-0.1, -0.05) is 0 Å². The smallest absolute Gasteiger partial charge is 0.0474 e. The molecule has 0 amide bonds. The Morgan fingerprint density at radius 3 is 3.00 bits per heavy atom. The van der Waals surface area contributed by atoms with E-state index in [4.69, 9.17) is 4.74 Å². The van der Waals surface area contributed by atoms with E-state index in [2.05, 4.69) is 17.6 Å². The molecule has 1 unspecified atom stereocenters. The van der Waals surface area contributed by atoms with Crippen molar-refractivity contribution in [2.24, 2.45) is 0 Å². The van der Waals surface area contributed by atoms with Gasteiger partial charge in [-0.3, -0.25) is 0 Å². The van der Waals surface area contributed by atoms with Crippen molar-refractivity contribution in [3.8, 4) is 0 Å². The largest absolute Gasteiger partial charge is 0.385 e. The van der Waals surface area contributed by atoms with Crippen LogP contribution in [-0.2, 0) is 4.74 Å². The first-order valence-electron chi connectivity index (χ1n) is 4.71. The van der Waals surface area contributed by atoms with Gasteiger partial charge in [0.1, 0.15) is 0 Å². The maximum absolute atomic E-state index is 4.98. The molecule has 0 aromatic rings. The van der Waals surface area contributed by atoms with Crippen LogP contribution in [0.4, 0.5) is 0 Å². The molecular formula is C9H20N2O. The zero-order valence-electron chi connectivity index (χ0n) is 8.15. The second-order valence-corrected chi connectivity index (χ2v) is 3.76. The molecule has 0 aromatic heterocycles. The summed E-state index contributed by atoms with van der Waals surface area (Å²) in [4.78, 5) is 0. The monoisotopic (exact) mass is 172 g/mol. The van der Waals surface area contributed by atoms with Crippen LogP contribution >= 0.6 is 0 Å². The number of methoxy groups -OCH3 is 1. The van der Waals surface area contributed by atoms with Gasteiger partial charge in [0, 0.05) is 25.8 Å². The number of rotatable bonds is 5. The van der Waals surface area contributed by atoms with E-state index in [9.17, 15) is 0 Å². The van der Waals surface area contributed by atoms with Gasteiger partial charge >= 0.3 is 0 Å². The third-order valence-electron chi connectivity index (χ3n) is 2.45. The van der Waals surface area contributed by atoms with Gasteiger partial charge in [-0.15, -0.1) is 0 Å². The lowest BCUT2D eigenvalue weighted by molar-refractivity contribution is 0.190. The van der Waals surface area contributed by atoms with Crippen LogP contribution in [-0.4, -0.2) is 38.9 Å². The molecule has 0 spiro atoms. The third-order valence-corrected chi connectivity index (χ3v) is 2.45. The van der Waals surface area contributed by atoms with Gasteiger partial charge in [0.15, 0.2) is 0 Å². The predicted octanol–water partition coefficient (Wildman–Crippen LogP) is 0.364. The average molecular weight is 172 g/mol. The van der Waals surface area contributed by atoms with E-state index in [1.807, 2.05) is 0 Å². The van der Waals surface area contributed by atoms with E-state index >= 15 is 0 Å². The van der Waals surface area contributed by atoms with Crippen molar-refractivity contribution in [1.82, 2.24) is 10.6 Å². The molecule has 1 atom stereocenters. The number of nitrogens with one attached hydrogen (secondary N) is 2. The molecule has 0 aliphatic carbocycles. The number of hydrogen-bond donors (Lipinski definition) is 2. The Morgan fingerprint density at radius 1 is 1.58 bits per heavy atom. The van der Waals surface area contributed by atoms with Crippen LogP contribution in [0.2, 0.25) is 0 Å². The minimum Gasteiger partial charge on any atom is -0.385 e. The lowest BCUT2D eigenvalue weighted by Gasteiger charge is -2.24. The molecule has 12 heavy (non-hydrogen) atoms. The zero-order chi connectivity index (χ0) is 8.86. The molecule has 0 bridgehead atoms. The van der Waals surface area contributed by atoms with Gasteiger partial charge in [0.25, 0.3) is 0 Å². The molecular weight excluding hydrogens is 152 g/mol. The normalized spacial score (nSPS) is 29.5. The molecule has 1 aliphatic rings. The minimum absolute atomic E-state index is 0.327. The summed E-state index contributed by atoms with van der Waals surface area (Å²) < 4.78 is 4.98. The summed E-state index contributed by atoms with van der Waals surface area (Å²) in [5, 5.41) is 6.91. The highest BCUT2D eigenvalue weighted by Crippen LogP contribution is 2.12. The van der Waals surface area contributed by atoms with Crippen LogP contribution in [0.15, 0.2) is 0 Å². The summed E-state index contributed by atoms with van der Waals surface area (Å²) in [6.45, 7) is 6.44. The Hall–Kier alpha value is -0.120. The zero-order valence-corrected chi connectivity index (χ0v) is 8.15. The Bertz CT molecular complexity index is 122. The third kappa shape index (κ3) is 3.09. The van der Waals surface area contributed by atoms with Crippen molar-refractivity contribution in [3.63, 3.8) is 0 Å². The van der Waals surface area contributed by atoms with Crippen molar-refractivity contribution >= 4 is 0 Å². The molecule has 1 rings (SSSR count). The quantitative estimate of drug-likeness (QED) is 0.588. The van der Waals surface area contributed by atoms with Crippen molar-refractivity contribution in [1.29, 1.82) is 0 Å². The number of ether oxygens (including phenoxy) is 1. The minimum atomic E-state index is 0.327. The second-order valence-electron chi connectivity index (χ2n) is 3.76. The van der Waals surface area contributed by atoms with Gasteiger partial charge < -0.3 is 15.4 Å². The molecule has 2 N–H and O–H groups in total. The van der Waals surface area contributed by atoms with Crippen molar-refractivity contribution < 1.29 is 4.74 Å². The van der Waals surface area contributed by atoms with Gasteiger partial charge in [0.05, 0.1) is 0 Å². The molecule has 0 radical (unpaired) electrons. The van der Waals surface area contributed by atoms with Crippen LogP contribution in [0.5, 0.6) is 0 Å². The molecule has 3 heteroatoms. The van der Waals surface area contributed by atoms with E-state index in [0.717, 1.165) is 32.7 Å². The lowest BCUT2D eigenvalue weighted by atomic mass is 10.0. The van der Waals surface area contributed by atoms with E-state index in [1.165, 1.54) is 6.42 Å². The fourth-order valence-corrected chi connectivity index (χ4v) is 1.57. The summed E-state index contributed by atoms with van der Waals surface area (Å²) >= 11 is 0. The van der Waals surface area contributed by atoms with Crippen LogP contribution in [0, 0.1) is 0 Å². The fraction of sp³-hybridized carbons (Fsp3) is 1.00. The fourth-order valence-electron chi connectivity index (χ4n) is 1.57. The summed E-state index contributed by atoms with van der Waals surface area (Å²) in [6, 6.07) is 0. The molecule has 0 saturated carbocycles. The molecule has 0 aromatic carbocycles. The summed E-state index contributed by atoms with van der Waals surface area (Å²) in [7, 11) is 1.75. The standard InChI is InChI=1S/C9H20N2O/c1-9(4-6-10-8-9)11-5-3-7-12-2/h10-11H,3-8H2,1-2H3. The highest BCUT2D eigenvalue weighted by atomic mass is 16.5. The first-order chi connectivity index (χ1) is 5.77. The van der Waals surface area contributed by atoms with Crippen molar-refractivity contribution in [2.75, 3.05) is 33.4 Å². The van der Waals surface area contributed by atoms with E-state index in [1.54, 1.807) is 7.11 Å². The molecule has 1 saturated heterocycles. The van der Waals surface area contributed by atoms with Crippen molar-refractivity contribution in [2.45, 2.75) is 25.3 Å². The highest BCUT2D eigenvalue weighted by Gasteiger charge is 2.26. The first kappa shape index (κ1) is 9.96. The number of hydrogen-bond acceptors (Lipinski definition) is 3. The van der Waals surface area contributed by atoms with Crippen LogP contribution in [0.3, 0.4) is 0 Å². The average Bonchev–Trinajstić information content (AvgIpc) is 2.47. The first-order valence-corrected chi connectivity index (χ1v) is 4.71. The Morgan fingerprint density at radius 2 is 2.42 bits per heavy atom. The molecule has 72 valence electrons. The molecule has 1 heterocycles. The lowest BCUT2D eigenvalue weighted by Crippen LogP contribution is -2.44. The van der Waals surface area contributed by atoms with E-state index in [0.29, 0.717) is 5.54 Å². The Labute approximate surface area is 74.9 Å². The second kappa shape index (κ2) is 4.80. The van der Waals surface area contributed by atoms with Gasteiger partial charge in [-0.2, -0.15) is 0 Å². The Kier molecular flexibility index (Phi) is 3.98. The molecule has 1 fully saturated rings. The topological polar surface area (TPSA) is 33.3 Å². The van der Waals surface area contributed by atoms with Crippen LogP contribution in [0.1, 0.15) is 19.8 Å². The van der Waals surface area contributed by atoms with Gasteiger partial charge in [0.2, 0.25) is 0 Å². The van der Waals surface area contributed by atoms with Crippen molar-refractivity contribution in [3.05, 3.63) is 0 Å². The van der Waals surface area contributed by atoms with E-state index in [-0.39, 0.29) is 0 Å². The molecule has 1 aliphatic heterocycles. The molecule has 3 nitrogen and oxygen atoms in total. The van der Waals surface area contributed by atoms with Gasteiger partial charge in [-0.25, -0.2) is 0 Å². The highest BCUT2D eigenvalue weighted by molar-refractivity contribution is 4.91. The van der Waals surface area contributed by atoms with Gasteiger partial charge in [-0.05, 0) is 32.9 Å². The summed E-state index contributed by atoms with van der Waals surface area (Å²) in [6.07, 6.45) is 2.34. The summed E-state index contributed by atoms with van der Waals surface area (Å²) in [5.74, 6) is 0. The summed E-state index contributed by atoms with van der Waals surface area (Å²) in [5.41, 5.74) is 0.327. The Balaban J connectivity index is 2.05.